The van der Waals surface area contributed by atoms with Crippen molar-refractivity contribution in [3.63, 3.8) is 0 Å². The van der Waals surface area contributed by atoms with Crippen molar-refractivity contribution in [3.8, 4) is 5.75 Å². The molecule has 0 atom stereocenters. The Bertz CT molecular complexity index is 1100. The van der Waals surface area contributed by atoms with Crippen molar-refractivity contribution in [2.75, 3.05) is 19.6 Å². The zero-order chi connectivity index (χ0) is 26.9. The molecule has 1 saturated carbocycles. The van der Waals surface area contributed by atoms with Crippen LogP contribution < -0.4 is 10.1 Å². The highest BCUT2D eigenvalue weighted by Crippen LogP contribution is 2.28. The van der Waals surface area contributed by atoms with Crippen LogP contribution in [0, 0.1) is 11.8 Å². The Balaban J connectivity index is 1.12. The Labute approximate surface area is 223 Å². The Morgan fingerprint density at radius 3 is 2.11 bits per heavy atom. The third kappa shape index (κ3) is 7.43. The van der Waals surface area contributed by atoms with Crippen molar-refractivity contribution in [3.05, 3.63) is 65.7 Å². The average molecular weight is 521 g/mol. The number of amides is 2. The minimum absolute atomic E-state index is 0.00547. The standard InChI is InChI=1S/C30H36N2O6/c33-27(21-8-12-25(13-9-21)38-26-14-10-24(11-15-26)29(35)36)7-4-18-31-30(37)32-19-16-23(17-20-32)28(34)22-5-2-1-3-6-22/h1-3,5-6,8-9,12-13,23-24,26H,4,7,10-11,14-20H2,(H,31,37)(H,35,36). The van der Waals surface area contributed by atoms with Crippen molar-refractivity contribution >= 4 is 23.6 Å². The predicted octanol–water partition coefficient (Wildman–Crippen LogP) is 4.98. The molecular formula is C30H36N2O6. The molecule has 2 aromatic rings. The highest BCUT2D eigenvalue weighted by molar-refractivity contribution is 5.98. The van der Waals surface area contributed by atoms with Gasteiger partial charge in [0, 0.05) is 43.1 Å². The zero-order valence-electron chi connectivity index (χ0n) is 21.6. The van der Waals surface area contributed by atoms with Gasteiger partial charge in [0.2, 0.25) is 0 Å². The molecule has 2 amide bonds. The van der Waals surface area contributed by atoms with Gasteiger partial charge in [0.05, 0.1) is 12.0 Å². The van der Waals surface area contributed by atoms with Gasteiger partial charge in [-0.05, 0) is 69.2 Å². The predicted molar refractivity (Wildman–Crippen MR) is 142 cm³/mol. The fourth-order valence-corrected chi connectivity index (χ4v) is 5.22. The van der Waals surface area contributed by atoms with Crippen molar-refractivity contribution in [2.45, 2.75) is 57.5 Å². The molecule has 0 bridgehead atoms. The Morgan fingerprint density at radius 1 is 0.816 bits per heavy atom. The van der Waals surface area contributed by atoms with Crippen molar-refractivity contribution < 1.29 is 29.0 Å². The molecule has 2 fully saturated rings. The molecule has 2 aromatic carbocycles. The minimum Gasteiger partial charge on any atom is -0.490 e. The molecule has 1 heterocycles. The van der Waals surface area contributed by atoms with Gasteiger partial charge < -0.3 is 20.1 Å². The first-order valence-electron chi connectivity index (χ1n) is 13.6. The third-order valence-electron chi connectivity index (χ3n) is 7.57. The fourth-order valence-electron chi connectivity index (χ4n) is 5.22. The van der Waals surface area contributed by atoms with Crippen molar-refractivity contribution in [2.24, 2.45) is 11.8 Å². The number of rotatable bonds is 10. The summed E-state index contributed by atoms with van der Waals surface area (Å²) >= 11 is 0. The number of carboxylic acids is 1. The second-order valence-electron chi connectivity index (χ2n) is 10.2. The van der Waals surface area contributed by atoms with Crippen LogP contribution in [0.4, 0.5) is 4.79 Å². The zero-order valence-corrected chi connectivity index (χ0v) is 21.6. The average Bonchev–Trinajstić information content (AvgIpc) is 2.96. The molecule has 1 aliphatic heterocycles. The van der Waals surface area contributed by atoms with Gasteiger partial charge in [-0.15, -0.1) is 0 Å². The van der Waals surface area contributed by atoms with Gasteiger partial charge in [0.25, 0.3) is 0 Å². The first kappa shape index (κ1) is 27.4. The number of Topliss-reactive ketones (excluding diaryl/α,β-unsaturated/α-hetero) is 2. The molecule has 0 aromatic heterocycles. The number of ether oxygens (including phenoxy) is 1. The number of carbonyl (C=O) groups is 4. The number of likely N-dealkylation sites (tertiary alicyclic amines) is 1. The van der Waals surface area contributed by atoms with Crippen molar-refractivity contribution in [1.82, 2.24) is 10.2 Å². The third-order valence-corrected chi connectivity index (χ3v) is 7.57. The smallest absolute Gasteiger partial charge is 0.317 e. The topological polar surface area (TPSA) is 113 Å². The number of nitrogens with one attached hydrogen (secondary N) is 1. The van der Waals surface area contributed by atoms with Gasteiger partial charge in [0.15, 0.2) is 11.6 Å². The Morgan fingerprint density at radius 2 is 1.47 bits per heavy atom. The largest absolute Gasteiger partial charge is 0.490 e. The Hall–Kier alpha value is -3.68. The number of ketones is 2. The van der Waals surface area contributed by atoms with E-state index in [1.165, 1.54) is 0 Å². The number of hydrogen-bond acceptors (Lipinski definition) is 5. The lowest BCUT2D eigenvalue weighted by atomic mass is 9.87. The monoisotopic (exact) mass is 520 g/mol. The summed E-state index contributed by atoms with van der Waals surface area (Å²) in [6.07, 6.45) is 4.86. The normalized spacial score (nSPS) is 19.9. The van der Waals surface area contributed by atoms with Crippen LogP contribution in [0.5, 0.6) is 5.75 Å². The molecule has 0 unspecified atom stereocenters. The van der Waals surface area contributed by atoms with Crippen LogP contribution in [0.1, 0.15) is 72.1 Å². The van der Waals surface area contributed by atoms with E-state index in [4.69, 9.17) is 9.84 Å². The van der Waals surface area contributed by atoms with E-state index in [9.17, 15) is 19.2 Å². The van der Waals surface area contributed by atoms with Gasteiger partial charge in [-0.3, -0.25) is 14.4 Å². The maximum Gasteiger partial charge on any atom is 0.317 e. The van der Waals surface area contributed by atoms with E-state index < -0.39 is 5.97 Å². The van der Waals surface area contributed by atoms with Gasteiger partial charge in [-0.2, -0.15) is 0 Å². The van der Waals surface area contributed by atoms with Crippen molar-refractivity contribution in [1.29, 1.82) is 0 Å². The van der Waals surface area contributed by atoms with Crippen LogP contribution in [0.3, 0.4) is 0 Å². The van der Waals surface area contributed by atoms with Gasteiger partial charge >= 0.3 is 12.0 Å². The molecule has 38 heavy (non-hydrogen) atoms. The molecule has 4 rings (SSSR count). The first-order chi connectivity index (χ1) is 18.4. The van der Waals surface area contributed by atoms with Crippen LogP contribution in [-0.4, -0.2) is 59.3 Å². The first-order valence-corrected chi connectivity index (χ1v) is 13.6. The number of nitrogens with zero attached hydrogens (tertiary/aromatic N) is 1. The van der Waals surface area contributed by atoms with Gasteiger partial charge in [-0.1, -0.05) is 30.3 Å². The molecule has 202 valence electrons. The summed E-state index contributed by atoms with van der Waals surface area (Å²) in [5.41, 5.74) is 1.32. The molecular weight excluding hydrogens is 484 g/mol. The molecule has 8 heteroatoms. The highest BCUT2D eigenvalue weighted by Gasteiger charge is 2.28. The van der Waals surface area contributed by atoms with E-state index in [2.05, 4.69) is 5.32 Å². The van der Waals surface area contributed by atoms with Crippen LogP contribution in [0.2, 0.25) is 0 Å². The molecule has 0 spiro atoms. The quantitative estimate of drug-likeness (QED) is 0.338. The number of piperidine rings is 1. The molecule has 8 nitrogen and oxygen atoms in total. The molecule has 2 aliphatic rings. The summed E-state index contributed by atoms with van der Waals surface area (Å²) in [6.45, 7) is 1.50. The maximum atomic E-state index is 12.6. The number of carbonyl (C=O) groups excluding carboxylic acids is 3. The number of carboxylic acid groups (broad SMARTS) is 1. The maximum absolute atomic E-state index is 12.6. The van der Waals surface area contributed by atoms with E-state index >= 15 is 0 Å². The highest BCUT2D eigenvalue weighted by atomic mass is 16.5. The summed E-state index contributed by atoms with van der Waals surface area (Å²) in [5.74, 6) is -0.227. The lowest BCUT2D eigenvalue weighted by Crippen LogP contribution is -2.45. The van der Waals surface area contributed by atoms with E-state index in [-0.39, 0.29) is 35.5 Å². The van der Waals surface area contributed by atoms with E-state index in [1.54, 1.807) is 29.2 Å². The van der Waals surface area contributed by atoms with Crippen LogP contribution in [-0.2, 0) is 4.79 Å². The lowest BCUT2D eigenvalue weighted by Gasteiger charge is -2.31. The van der Waals surface area contributed by atoms with E-state index in [0.717, 1.165) is 5.56 Å². The SMILES string of the molecule is O=C(CCCNC(=O)N1CCC(C(=O)c2ccccc2)CC1)c1ccc(OC2CCC(C(=O)O)CC2)cc1. The van der Waals surface area contributed by atoms with Crippen LogP contribution >= 0.6 is 0 Å². The molecule has 2 N–H and O–H groups in total. The van der Waals surface area contributed by atoms with Crippen LogP contribution in [0.25, 0.3) is 0 Å². The second kappa shape index (κ2) is 13.2. The summed E-state index contributed by atoms with van der Waals surface area (Å²) in [5, 5.41) is 12.0. The van der Waals surface area contributed by atoms with Gasteiger partial charge in [-0.25, -0.2) is 4.79 Å². The second-order valence-corrected chi connectivity index (χ2v) is 10.2. The Kier molecular flexibility index (Phi) is 9.51. The lowest BCUT2D eigenvalue weighted by molar-refractivity contribution is -0.143. The number of hydrogen-bond donors (Lipinski definition) is 2. The summed E-state index contributed by atoms with van der Waals surface area (Å²) in [4.78, 5) is 50.5. The van der Waals surface area contributed by atoms with Crippen LogP contribution in [0.15, 0.2) is 54.6 Å². The molecule has 1 saturated heterocycles. The number of aliphatic carboxylic acids is 1. The number of benzene rings is 2. The number of urea groups is 1. The van der Waals surface area contributed by atoms with Gasteiger partial charge in [0.1, 0.15) is 5.75 Å². The summed E-state index contributed by atoms with van der Waals surface area (Å²) < 4.78 is 5.97. The summed E-state index contributed by atoms with van der Waals surface area (Å²) in [6, 6.07) is 16.2. The van der Waals surface area contributed by atoms with E-state index in [1.807, 2.05) is 30.3 Å². The fraction of sp³-hybridized carbons (Fsp3) is 0.467. The molecule has 0 radical (unpaired) electrons. The minimum atomic E-state index is -0.734. The van der Waals surface area contributed by atoms with E-state index in [0.29, 0.717) is 82.3 Å². The summed E-state index contributed by atoms with van der Waals surface area (Å²) in [7, 11) is 0. The molecule has 1 aliphatic carbocycles.